The molecule has 0 saturated heterocycles. The molecule has 0 atom stereocenters. The van der Waals surface area contributed by atoms with Gasteiger partial charge in [0.05, 0.1) is 12.8 Å². The molecule has 0 aromatic heterocycles. The molecule has 16 heavy (non-hydrogen) atoms. The summed E-state index contributed by atoms with van der Waals surface area (Å²) >= 11 is 0. The van der Waals surface area contributed by atoms with E-state index in [4.69, 9.17) is 4.74 Å². The van der Waals surface area contributed by atoms with Crippen LogP contribution in [0.4, 0.5) is 5.69 Å². The highest BCUT2D eigenvalue weighted by atomic mass is 16.5. The summed E-state index contributed by atoms with van der Waals surface area (Å²) in [6, 6.07) is 5.73. The summed E-state index contributed by atoms with van der Waals surface area (Å²) in [5.41, 5.74) is 1.84. The third-order valence-corrected chi connectivity index (χ3v) is 2.22. The van der Waals surface area contributed by atoms with E-state index in [0.29, 0.717) is 18.1 Å². The molecule has 1 rings (SSSR count). The molecule has 3 nitrogen and oxygen atoms in total. The number of carbonyl (C=O) groups excluding carboxylic acids is 1. The van der Waals surface area contributed by atoms with Crippen LogP contribution < -0.4 is 10.1 Å². The minimum absolute atomic E-state index is 0.0268. The molecule has 0 aliphatic rings. The van der Waals surface area contributed by atoms with E-state index in [1.165, 1.54) is 0 Å². The molecule has 0 aliphatic carbocycles. The van der Waals surface area contributed by atoms with Crippen LogP contribution in [0, 0.1) is 12.8 Å². The first-order chi connectivity index (χ1) is 7.52. The topological polar surface area (TPSA) is 38.3 Å². The highest BCUT2D eigenvalue weighted by molar-refractivity contribution is 5.92. The number of hydrogen-bond acceptors (Lipinski definition) is 2. The monoisotopic (exact) mass is 221 g/mol. The molecule has 0 heterocycles. The van der Waals surface area contributed by atoms with Crippen LogP contribution >= 0.6 is 0 Å². The fourth-order valence-electron chi connectivity index (χ4n) is 1.49. The zero-order valence-electron chi connectivity index (χ0n) is 10.3. The molecule has 0 bridgehead atoms. The quantitative estimate of drug-likeness (QED) is 0.848. The Balaban J connectivity index is 2.79. The van der Waals surface area contributed by atoms with Crippen LogP contribution in [-0.2, 0) is 4.79 Å². The van der Waals surface area contributed by atoms with Crippen LogP contribution in [0.25, 0.3) is 0 Å². The van der Waals surface area contributed by atoms with Crippen molar-refractivity contribution in [2.24, 2.45) is 5.92 Å². The number of benzene rings is 1. The lowest BCUT2D eigenvalue weighted by Crippen LogP contribution is -2.14. The first kappa shape index (κ1) is 12.6. The van der Waals surface area contributed by atoms with E-state index in [-0.39, 0.29) is 5.91 Å². The van der Waals surface area contributed by atoms with Gasteiger partial charge in [-0.15, -0.1) is 0 Å². The molecule has 1 amide bonds. The fraction of sp³-hybridized carbons (Fsp3) is 0.462. The Labute approximate surface area is 96.8 Å². The number of methoxy groups -OCH3 is 1. The molecule has 0 unspecified atom stereocenters. The van der Waals surface area contributed by atoms with Gasteiger partial charge in [0.25, 0.3) is 0 Å². The molecule has 1 aromatic rings. The number of aryl methyl sites for hydroxylation is 1. The third-order valence-electron chi connectivity index (χ3n) is 2.22. The number of ether oxygens (including phenoxy) is 1. The first-order valence-corrected chi connectivity index (χ1v) is 5.47. The second-order valence-corrected chi connectivity index (χ2v) is 4.35. The summed E-state index contributed by atoms with van der Waals surface area (Å²) in [7, 11) is 1.60. The molecular formula is C13H19NO2. The van der Waals surface area contributed by atoms with Crippen molar-refractivity contribution in [3.05, 3.63) is 23.8 Å². The van der Waals surface area contributed by atoms with Gasteiger partial charge in [-0.1, -0.05) is 19.9 Å². The minimum Gasteiger partial charge on any atom is -0.495 e. The van der Waals surface area contributed by atoms with Crippen molar-refractivity contribution in [1.29, 1.82) is 0 Å². The second-order valence-electron chi connectivity index (χ2n) is 4.35. The summed E-state index contributed by atoms with van der Waals surface area (Å²) in [6.07, 6.45) is 0.525. The summed E-state index contributed by atoms with van der Waals surface area (Å²) in [5, 5.41) is 2.87. The van der Waals surface area contributed by atoms with E-state index in [0.717, 1.165) is 11.3 Å². The number of nitrogens with one attached hydrogen (secondary N) is 1. The molecular weight excluding hydrogens is 202 g/mol. The molecule has 0 aliphatic heterocycles. The van der Waals surface area contributed by atoms with Gasteiger partial charge in [-0.05, 0) is 30.5 Å². The summed E-state index contributed by atoms with van der Waals surface area (Å²) in [4.78, 5) is 11.6. The average Bonchev–Trinajstić information content (AvgIpc) is 2.16. The summed E-state index contributed by atoms with van der Waals surface area (Å²) in [6.45, 7) is 6.03. The van der Waals surface area contributed by atoms with Crippen molar-refractivity contribution in [2.75, 3.05) is 12.4 Å². The molecule has 0 fully saturated rings. The highest BCUT2D eigenvalue weighted by Gasteiger charge is 2.09. The number of hydrogen-bond donors (Lipinski definition) is 1. The van der Waals surface area contributed by atoms with Gasteiger partial charge in [-0.25, -0.2) is 0 Å². The second kappa shape index (κ2) is 5.54. The van der Waals surface area contributed by atoms with E-state index in [9.17, 15) is 4.79 Å². The minimum atomic E-state index is 0.0268. The van der Waals surface area contributed by atoms with E-state index < -0.39 is 0 Å². The van der Waals surface area contributed by atoms with Crippen LogP contribution in [-0.4, -0.2) is 13.0 Å². The van der Waals surface area contributed by atoms with Gasteiger partial charge in [-0.2, -0.15) is 0 Å². The molecule has 0 spiro atoms. The summed E-state index contributed by atoms with van der Waals surface area (Å²) < 4.78 is 5.19. The van der Waals surface area contributed by atoms with Crippen LogP contribution in [0.3, 0.4) is 0 Å². The third kappa shape index (κ3) is 3.57. The predicted octanol–water partition coefficient (Wildman–Crippen LogP) is 2.99. The van der Waals surface area contributed by atoms with Gasteiger partial charge in [0, 0.05) is 6.42 Å². The van der Waals surface area contributed by atoms with Crippen molar-refractivity contribution in [2.45, 2.75) is 27.2 Å². The van der Waals surface area contributed by atoms with Gasteiger partial charge >= 0.3 is 0 Å². The smallest absolute Gasteiger partial charge is 0.224 e. The maximum Gasteiger partial charge on any atom is 0.224 e. The zero-order chi connectivity index (χ0) is 12.1. The van der Waals surface area contributed by atoms with Gasteiger partial charge in [0.15, 0.2) is 0 Å². The van der Waals surface area contributed by atoms with Crippen molar-refractivity contribution >= 4 is 11.6 Å². The lowest BCUT2D eigenvalue weighted by molar-refractivity contribution is -0.116. The molecule has 0 radical (unpaired) electrons. The Kier molecular flexibility index (Phi) is 4.35. The van der Waals surface area contributed by atoms with Gasteiger partial charge in [-0.3, -0.25) is 4.79 Å². The molecule has 0 saturated carbocycles. The number of rotatable bonds is 4. The van der Waals surface area contributed by atoms with Crippen molar-refractivity contribution in [1.82, 2.24) is 0 Å². The van der Waals surface area contributed by atoms with Gasteiger partial charge < -0.3 is 10.1 Å². The van der Waals surface area contributed by atoms with Crippen molar-refractivity contribution in [3.63, 3.8) is 0 Å². The molecule has 1 aromatic carbocycles. The fourth-order valence-corrected chi connectivity index (χ4v) is 1.49. The molecule has 1 N–H and O–H groups in total. The van der Waals surface area contributed by atoms with Crippen LogP contribution in [0.1, 0.15) is 25.8 Å². The molecule has 3 heteroatoms. The highest BCUT2D eigenvalue weighted by Crippen LogP contribution is 2.25. The SMILES string of the molecule is COc1ccc(C)cc1NC(=O)CC(C)C. The largest absolute Gasteiger partial charge is 0.495 e. The predicted molar refractivity (Wildman–Crippen MR) is 65.8 cm³/mol. The van der Waals surface area contributed by atoms with E-state index in [2.05, 4.69) is 5.32 Å². The Morgan fingerprint density at radius 3 is 2.69 bits per heavy atom. The molecule has 88 valence electrons. The number of carbonyl (C=O) groups is 1. The van der Waals surface area contributed by atoms with Crippen LogP contribution in [0.15, 0.2) is 18.2 Å². The van der Waals surface area contributed by atoms with Crippen LogP contribution in [0.5, 0.6) is 5.75 Å². The average molecular weight is 221 g/mol. The van der Waals surface area contributed by atoms with Crippen molar-refractivity contribution in [3.8, 4) is 5.75 Å². The maximum absolute atomic E-state index is 11.6. The Hall–Kier alpha value is -1.51. The normalized spacial score (nSPS) is 10.3. The standard InChI is InChI=1S/C13H19NO2/c1-9(2)7-13(15)14-11-8-10(3)5-6-12(11)16-4/h5-6,8-9H,7H2,1-4H3,(H,14,15). The Morgan fingerprint density at radius 2 is 2.12 bits per heavy atom. The van der Waals surface area contributed by atoms with E-state index in [1.54, 1.807) is 7.11 Å². The van der Waals surface area contributed by atoms with Crippen molar-refractivity contribution < 1.29 is 9.53 Å². The van der Waals surface area contributed by atoms with Gasteiger partial charge in [0.2, 0.25) is 5.91 Å². The first-order valence-electron chi connectivity index (χ1n) is 5.47. The van der Waals surface area contributed by atoms with E-state index in [1.807, 2.05) is 39.0 Å². The lowest BCUT2D eigenvalue weighted by Gasteiger charge is -2.11. The van der Waals surface area contributed by atoms with E-state index >= 15 is 0 Å². The lowest BCUT2D eigenvalue weighted by atomic mass is 10.1. The van der Waals surface area contributed by atoms with Crippen LogP contribution in [0.2, 0.25) is 0 Å². The Morgan fingerprint density at radius 1 is 1.44 bits per heavy atom. The van der Waals surface area contributed by atoms with Gasteiger partial charge in [0.1, 0.15) is 5.75 Å². The number of anilines is 1. The zero-order valence-corrected chi connectivity index (χ0v) is 10.3. The Bertz CT molecular complexity index is 372. The summed E-state index contributed by atoms with van der Waals surface area (Å²) in [5.74, 6) is 1.08. The maximum atomic E-state index is 11.6. The number of amides is 1.